The highest BCUT2D eigenvalue weighted by atomic mass is 35.5. The Morgan fingerprint density at radius 2 is 1.83 bits per heavy atom. The van der Waals surface area contributed by atoms with Crippen LogP contribution in [0.25, 0.3) is 6.08 Å². The quantitative estimate of drug-likeness (QED) is 0.567. The second-order valence-corrected chi connectivity index (χ2v) is 5.57. The molecule has 0 spiro atoms. The zero-order valence-corrected chi connectivity index (χ0v) is 13.9. The molecule has 2 aromatic rings. The van der Waals surface area contributed by atoms with Crippen molar-refractivity contribution in [2.75, 3.05) is 13.3 Å². The molecular weight excluding hydrogens is 329 g/mol. The highest BCUT2D eigenvalue weighted by molar-refractivity contribution is 6.30. The number of rotatable bonds is 8. The summed E-state index contributed by atoms with van der Waals surface area (Å²) >= 11 is 5.81. The number of alkyl halides is 1. The molecule has 0 aliphatic carbocycles. The summed E-state index contributed by atoms with van der Waals surface area (Å²) in [6.07, 6.45) is 3.59. The van der Waals surface area contributed by atoms with Gasteiger partial charge in [0.2, 0.25) is 5.91 Å². The Balaban J connectivity index is 1.79. The number of nitrogens with one attached hydrogen (secondary N) is 1. The molecule has 0 saturated carbocycles. The highest BCUT2D eigenvalue weighted by Gasteiger charge is 1.98. The molecular formula is C19H19ClFNO2. The molecule has 126 valence electrons. The Hall–Kier alpha value is -2.33. The lowest BCUT2D eigenvalue weighted by atomic mass is 10.2. The molecule has 24 heavy (non-hydrogen) atoms. The van der Waals surface area contributed by atoms with E-state index < -0.39 is 0 Å². The fourth-order valence-electron chi connectivity index (χ4n) is 1.94. The van der Waals surface area contributed by atoms with Crippen LogP contribution in [0, 0.1) is 0 Å². The Labute approximate surface area is 146 Å². The van der Waals surface area contributed by atoms with E-state index >= 15 is 0 Å². The molecule has 0 atom stereocenters. The van der Waals surface area contributed by atoms with Gasteiger partial charge in [0.05, 0.1) is 13.3 Å². The van der Waals surface area contributed by atoms with Crippen molar-refractivity contribution in [1.29, 1.82) is 0 Å². The van der Waals surface area contributed by atoms with E-state index in [9.17, 15) is 9.18 Å². The molecule has 2 rings (SSSR count). The van der Waals surface area contributed by atoms with Crippen molar-refractivity contribution in [2.45, 2.75) is 13.0 Å². The van der Waals surface area contributed by atoms with Crippen LogP contribution >= 0.6 is 11.6 Å². The van der Waals surface area contributed by atoms with E-state index in [4.69, 9.17) is 16.3 Å². The molecule has 0 bridgehead atoms. The van der Waals surface area contributed by atoms with E-state index in [0.29, 0.717) is 30.3 Å². The molecule has 0 aromatic heterocycles. The van der Waals surface area contributed by atoms with Gasteiger partial charge in [-0.2, -0.15) is 0 Å². The zero-order valence-electron chi connectivity index (χ0n) is 13.2. The molecule has 2 aromatic carbocycles. The summed E-state index contributed by atoms with van der Waals surface area (Å²) in [5.74, 6) is 0.515. The van der Waals surface area contributed by atoms with E-state index in [0.717, 1.165) is 11.1 Å². The average Bonchev–Trinajstić information content (AvgIpc) is 2.61. The van der Waals surface area contributed by atoms with Gasteiger partial charge in [-0.3, -0.25) is 9.18 Å². The summed E-state index contributed by atoms with van der Waals surface area (Å²) in [4.78, 5) is 11.8. The van der Waals surface area contributed by atoms with Crippen LogP contribution in [-0.4, -0.2) is 19.2 Å². The van der Waals surface area contributed by atoms with Gasteiger partial charge in [0.15, 0.2) is 0 Å². The summed E-state index contributed by atoms with van der Waals surface area (Å²) in [6, 6.07) is 14.6. The molecule has 5 heteroatoms. The average molecular weight is 348 g/mol. The molecule has 1 N–H and O–H groups in total. The van der Waals surface area contributed by atoms with Gasteiger partial charge in [0, 0.05) is 24.1 Å². The number of amides is 1. The van der Waals surface area contributed by atoms with Gasteiger partial charge in [0.25, 0.3) is 0 Å². The minimum atomic E-state index is -0.383. The molecule has 1 amide bonds. The first-order chi connectivity index (χ1) is 11.7. The lowest BCUT2D eigenvalue weighted by molar-refractivity contribution is -0.116. The molecule has 0 aliphatic rings. The first-order valence-electron chi connectivity index (χ1n) is 7.66. The Bertz CT molecular complexity index is 669. The predicted octanol–water partition coefficient (Wildman–Crippen LogP) is 4.41. The first-order valence-corrected chi connectivity index (χ1v) is 8.04. The summed E-state index contributed by atoms with van der Waals surface area (Å²) in [5, 5.41) is 3.47. The predicted molar refractivity (Wildman–Crippen MR) is 94.9 cm³/mol. The van der Waals surface area contributed by atoms with Gasteiger partial charge in [-0.15, -0.1) is 0 Å². The molecule has 0 aliphatic heterocycles. The minimum Gasteiger partial charge on any atom is -0.493 e. The fourth-order valence-corrected chi connectivity index (χ4v) is 2.07. The van der Waals surface area contributed by atoms with Crippen LogP contribution < -0.4 is 10.1 Å². The maximum atomic E-state index is 12.0. The Morgan fingerprint density at radius 3 is 2.50 bits per heavy atom. The lowest BCUT2D eigenvalue weighted by Crippen LogP contribution is -2.20. The van der Waals surface area contributed by atoms with E-state index in [1.807, 2.05) is 24.3 Å². The third kappa shape index (κ3) is 6.42. The van der Waals surface area contributed by atoms with Crippen LogP contribution in [0.1, 0.15) is 17.5 Å². The second kappa shape index (κ2) is 9.73. The van der Waals surface area contributed by atoms with Crippen LogP contribution in [0.3, 0.4) is 0 Å². The molecule has 3 nitrogen and oxygen atoms in total. The fraction of sp³-hybridized carbons (Fsp3) is 0.211. The van der Waals surface area contributed by atoms with Crippen molar-refractivity contribution in [3.05, 3.63) is 70.8 Å². The standard InChI is InChI=1S/C19H19ClFNO2/c20-17-7-2-16(3-8-17)14-22-19(23)11-6-15-4-9-18(10-5-15)24-13-1-12-21/h2-11H,1,12-14H2,(H,22,23). The van der Waals surface area contributed by atoms with Gasteiger partial charge in [-0.1, -0.05) is 35.9 Å². The lowest BCUT2D eigenvalue weighted by Gasteiger charge is -2.05. The smallest absolute Gasteiger partial charge is 0.244 e. The maximum absolute atomic E-state index is 12.0. The number of hydrogen-bond acceptors (Lipinski definition) is 2. The number of ether oxygens (including phenoxy) is 1. The number of carbonyl (C=O) groups excluding carboxylic acids is 1. The van der Waals surface area contributed by atoms with Crippen LogP contribution in [0.15, 0.2) is 54.6 Å². The molecule has 0 heterocycles. The highest BCUT2D eigenvalue weighted by Crippen LogP contribution is 2.13. The van der Waals surface area contributed by atoms with Crippen molar-refractivity contribution in [1.82, 2.24) is 5.32 Å². The zero-order chi connectivity index (χ0) is 17.2. The molecule has 0 unspecified atom stereocenters. The van der Waals surface area contributed by atoms with E-state index in [1.165, 1.54) is 6.08 Å². The van der Waals surface area contributed by atoms with Crippen molar-refractivity contribution in [2.24, 2.45) is 0 Å². The number of hydrogen-bond donors (Lipinski definition) is 1. The SMILES string of the molecule is O=C(C=Cc1ccc(OCCCF)cc1)NCc1ccc(Cl)cc1. The third-order valence-corrected chi connectivity index (χ3v) is 3.49. The van der Waals surface area contributed by atoms with Crippen molar-refractivity contribution < 1.29 is 13.9 Å². The van der Waals surface area contributed by atoms with Crippen LogP contribution in [0.2, 0.25) is 5.02 Å². The van der Waals surface area contributed by atoms with E-state index in [-0.39, 0.29) is 12.6 Å². The van der Waals surface area contributed by atoms with Gasteiger partial charge >= 0.3 is 0 Å². The molecule has 0 radical (unpaired) electrons. The number of halogens is 2. The van der Waals surface area contributed by atoms with Gasteiger partial charge < -0.3 is 10.1 Å². The third-order valence-electron chi connectivity index (χ3n) is 3.23. The summed E-state index contributed by atoms with van der Waals surface area (Å²) in [5.41, 5.74) is 1.87. The summed E-state index contributed by atoms with van der Waals surface area (Å²) in [7, 11) is 0. The summed E-state index contributed by atoms with van der Waals surface area (Å²) in [6.45, 7) is 0.423. The monoisotopic (exact) mass is 347 g/mol. The topological polar surface area (TPSA) is 38.3 Å². The Kier molecular flexibility index (Phi) is 7.30. The first kappa shape index (κ1) is 18.0. The molecule has 0 fully saturated rings. The van der Waals surface area contributed by atoms with Crippen LogP contribution in [0.5, 0.6) is 5.75 Å². The van der Waals surface area contributed by atoms with Crippen molar-refractivity contribution in [3.63, 3.8) is 0 Å². The van der Waals surface area contributed by atoms with E-state index in [1.54, 1.807) is 30.3 Å². The van der Waals surface area contributed by atoms with Crippen LogP contribution in [-0.2, 0) is 11.3 Å². The van der Waals surface area contributed by atoms with Gasteiger partial charge in [0.1, 0.15) is 5.75 Å². The number of carbonyl (C=O) groups is 1. The molecule has 0 saturated heterocycles. The normalized spacial score (nSPS) is 10.8. The van der Waals surface area contributed by atoms with Crippen molar-refractivity contribution >= 4 is 23.6 Å². The maximum Gasteiger partial charge on any atom is 0.244 e. The second-order valence-electron chi connectivity index (χ2n) is 5.14. The Morgan fingerprint density at radius 1 is 1.12 bits per heavy atom. The van der Waals surface area contributed by atoms with Gasteiger partial charge in [-0.05, 0) is 41.5 Å². The van der Waals surface area contributed by atoms with E-state index in [2.05, 4.69) is 5.32 Å². The largest absolute Gasteiger partial charge is 0.493 e. The van der Waals surface area contributed by atoms with Crippen molar-refractivity contribution in [3.8, 4) is 5.75 Å². The van der Waals surface area contributed by atoms with Gasteiger partial charge in [-0.25, -0.2) is 0 Å². The van der Waals surface area contributed by atoms with Crippen LogP contribution in [0.4, 0.5) is 4.39 Å². The summed E-state index contributed by atoms with van der Waals surface area (Å²) < 4.78 is 17.4. The number of benzene rings is 2. The minimum absolute atomic E-state index is 0.173.